The van der Waals surface area contributed by atoms with Crippen molar-refractivity contribution in [3.63, 3.8) is 0 Å². The molecule has 0 spiro atoms. The maximum Gasteiger partial charge on any atom is 0.329 e. The van der Waals surface area contributed by atoms with E-state index in [1.165, 1.54) is 13.8 Å². The fourth-order valence-corrected chi connectivity index (χ4v) is 11.1. The number of ether oxygens (including phenoxy) is 1. The molecule has 0 bridgehead atoms. The zero-order chi connectivity index (χ0) is 81.9. The number of carbonyl (C=O) groups is 19. The highest BCUT2D eigenvalue weighted by Crippen LogP contribution is 2.21. The first-order valence-corrected chi connectivity index (χ1v) is 35.4. The van der Waals surface area contributed by atoms with Crippen LogP contribution in [0.4, 0.5) is 0 Å². The molecule has 1 saturated heterocycles. The smallest absolute Gasteiger partial charge is 0.329 e. The number of H-pyrrole nitrogens is 1. The van der Waals surface area contributed by atoms with Gasteiger partial charge in [-0.15, -0.1) is 0 Å². The molecule has 0 radical (unpaired) electrons. The highest BCUT2D eigenvalue weighted by Gasteiger charge is 2.41. The van der Waals surface area contributed by atoms with Crippen LogP contribution in [0, 0.1) is 17.8 Å². The Labute approximate surface area is 625 Å². The van der Waals surface area contributed by atoms with E-state index in [1.807, 2.05) is 16.0 Å². The van der Waals surface area contributed by atoms with Gasteiger partial charge in [-0.05, 0) is 69.0 Å². The van der Waals surface area contributed by atoms with Crippen molar-refractivity contribution in [2.75, 3.05) is 26.2 Å². The number of nitrogens with two attached hydrogens (primary N) is 2. The second-order valence-corrected chi connectivity index (χ2v) is 26.8. The lowest BCUT2D eigenvalue weighted by Gasteiger charge is -2.31. The van der Waals surface area contributed by atoms with Crippen molar-refractivity contribution in [1.82, 2.24) is 74.1 Å². The number of rotatable bonds is 33. The molecule has 41 heteroatoms. The van der Waals surface area contributed by atoms with Crippen molar-refractivity contribution < 1.29 is 121 Å². The Bertz CT molecular complexity index is 3610. The monoisotopic (exact) mass is 1540 g/mol. The predicted molar refractivity (Wildman–Crippen MR) is 380 cm³/mol. The third-order valence-electron chi connectivity index (χ3n) is 17.4. The number of hydrogen-bond donors (Lipinski definition) is 21. The van der Waals surface area contributed by atoms with Gasteiger partial charge in [-0.1, -0.05) is 84.9 Å². The first-order valence-electron chi connectivity index (χ1n) is 35.4. The Morgan fingerprint density at radius 1 is 0.569 bits per heavy atom. The number of cyclic esters (lactones) is 1. The normalized spacial score (nSPS) is 22.1. The standard InChI is InChI=1S/C68H102N16O25/c1-8-33(4)16-11-9-10-12-20-48(87)76-41(23-37-28-71-39-18-14-13-17-38(37)39)62(102)79-42(24-47(70)86)63(103)81-45(27-54(96)97)64(104)84-57-36(7)109-68(108)55(32(2)3)82-67(107)56(34(5)22-51(90)91)83-65(105)46(31-85)77-50(89)29-72-59(99)43(25-52(92)93)78-58(98)35(6)74-61(101)44(26-53(94)95)80-60(100)40(19-15-21-69)75-49(88)30-73-66(57)106/h13-14,17-18,28,32-36,40-46,55-57,71,85H,8-12,15-16,19-27,29-31,69H2,1-7H3,(H2,70,86)(H,72,99)(H,73,106)(H,74,101)(H,75,88)(H,76,87)(H,77,89)(H,78,98)(H,79,102)(H,80,100)(H,81,103)(H,82,107)(H,83,105)(H,84,104)(H,90,91)(H,92,93)(H,94,95)(H,96,97). The number of aliphatic carboxylic acids is 4. The molecule has 604 valence electrons. The second-order valence-electron chi connectivity index (χ2n) is 26.8. The number of carboxylic acid groups (broad SMARTS) is 4. The fraction of sp³-hybridized carbons (Fsp3) is 0.603. The summed E-state index contributed by atoms with van der Waals surface area (Å²) in [5, 5.41) is 78.7. The SMILES string of the molecule is CCC(C)CCCCCCC(=O)NC(Cc1c[nH]c2ccccc12)C(=O)NC(CC(N)=O)C(=O)NC(CC(=O)O)C(=O)NC1C(=O)NCC(=O)NC(CCCN)C(=O)NC(CC(=O)O)C(=O)NC(C)C(=O)NC(CC(=O)O)C(=O)NCC(=O)NC(CO)C(=O)NC(C(C)CC(=O)O)C(=O)NC(C(C)C)C(=O)OC1C. The molecule has 14 unspecified atom stereocenters. The molecule has 0 aliphatic carbocycles. The summed E-state index contributed by atoms with van der Waals surface area (Å²) in [6.07, 6.45) is -1.63. The van der Waals surface area contributed by atoms with E-state index in [1.54, 1.807) is 30.5 Å². The van der Waals surface area contributed by atoms with E-state index in [-0.39, 0.29) is 32.2 Å². The molecule has 109 heavy (non-hydrogen) atoms. The molecule has 0 saturated carbocycles. The summed E-state index contributed by atoms with van der Waals surface area (Å²) in [4.78, 5) is 260. The number of aromatic nitrogens is 1. The average Bonchev–Trinajstić information content (AvgIpc) is 1.81. The van der Waals surface area contributed by atoms with Crippen molar-refractivity contribution in [3.8, 4) is 0 Å². The Balaban J connectivity index is 2.18. The second kappa shape index (κ2) is 46.0. The maximum absolute atomic E-state index is 14.6. The van der Waals surface area contributed by atoms with Gasteiger partial charge in [0.05, 0.1) is 51.8 Å². The molecule has 2 heterocycles. The van der Waals surface area contributed by atoms with Crippen molar-refractivity contribution >= 4 is 123 Å². The zero-order valence-electron chi connectivity index (χ0n) is 61.5. The van der Waals surface area contributed by atoms with Crippen LogP contribution in [0.2, 0.25) is 0 Å². The minimum atomic E-state index is -2.31. The third kappa shape index (κ3) is 32.3. The molecule has 14 atom stereocenters. The predicted octanol–water partition coefficient (Wildman–Crippen LogP) is -5.57. The van der Waals surface area contributed by atoms with E-state index in [9.17, 15) is 117 Å². The highest BCUT2D eigenvalue weighted by molar-refractivity contribution is 6.02. The molecular weight excluding hydrogens is 1440 g/mol. The van der Waals surface area contributed by atoms with Crippen LogP contribution in [0.15, 0.2) is 30.5 Å². The molecule has 2 aromatic rings. The lowest BCUT2D eigenvalue weighted by atomic mass is 9.95. The number of unbranched alkanes of at least 4 members (excludes halogenated alkanes) is 3. The molecule has 23 N–H and O–H groups in total. The summed E-state index contributed by atoms with van der Waals surface area (Å²) >= 11 is 0. The topological polar surface area (TPSA) is 659 Å². The van der Waals surface area contributed by atoms with Crippen LogP contribution >= 0.6 is 0 Å². The number of primary amides is 1. The molecule has 1 aromatic carbocycles. The number of aromatic amines is 1. The molecule has 1 fully saturated rings. The molecule has 14 amide bonds. The van der Waals surface area contributed by atoms with Crippen molar-refractivity contribution in [2.24, 2.45) is 29.2 Å². The van der Waals surface area contributed by atoms with Crippen molar-refractivity contribution in [3.05, 3.63) is 36.0 Å². The summed E-state index contributed by atoms with van der Waals surface area (Å²) in [6, 6.07) is -14.5. The summed E-state index contributed by atoms with van der Waals surface area (Å²) in [5.41, 5.74) is 12.5. The Kier molecular flexibility index (Phi) is 38.7. The van der Waals surface area contributed by atoms with Crippen LogP contribution in [-0.2, 0) is 102 Å². The number of aliphatic hydroxyl groups excluding tert-OH is 1. The van der Waals surface area contributed by atoms with Crippen molar-refractivity contribution in [1.29, 1.82) is 0 Å². The lowest BCUT2D eigenvalue weighted by molar-refractivity contribution is -0.157. The van der Waals surface area contributed by atoms with Crippen molar-refractivity contribution in [2.45, 2.75) is 217 Å². The van der Waals surface area contributed by atoms with Gasteiger partial charge in [0.25, 0.3) is 0 Å². The number of para-hydroxylation sites is 1. The van der Waals surface area contributed by atoms with Crippen LogP contribution in [0.25, 0.3) is 10.9 Å². The largest absolute Gasteiger partial charge is 0.481 e. The number of hydrogen-bond acceptors (Lipinski definition) is 22. The maximum atomic E-state index is 14.6. The van der Waals surface area contributed by atoms with Crippen LogP contribution < -0.4 is 80.6 Å². The Morgan fingerprint density at radius 3 is 1.69 bits per heavy atom. The zero-order valence-corrected chi connectivity index (χ0v) is 61.5. The molecule has 41 nitrogen and oxygen atoms in total. The Morgan fingerprint density at radius 2 is 1.11 bits per heavy atom. The van der Waals surface area contributed by atoms with Crippen LogP contribution in [0.1, 0.15) is 144 Å². The molecule has 1 aliphatic rings. The summed E-state index contributed by atoms with van der Waals surface area (Å²) < 4.78 is 5.66. The van der Waals surface area contributed by atoms with E-state index >= 15 is 0 Å². The molecule has 3 rings (SSSR count). The van der Waals surface area contributed by atoms with E-state index in [0.717, 1.165) is 46.5 Å². The quantitative estimate of drug-likeness (QED) is 0.0234. The van der Waals surface area contributed by atoms with E-state index in [0.29, 0.717) is 35.2 Å². The number of carbonyl (C=O) groups excluding carboxylic acids is 15. The van der Waals surface area contributed by atoms with Crippen LogP contribution in [0.5, 0.6) is 0 Å². The van der Waals surface area contributed by atoms with Gasteiger partial charge in [0.15, 0.2) is 0 Å². The van der Waals surface area contributed by atoms with E-state index in [2.05, 4.69) is 72.0 Å². The van der Waals surface area contributed by atoms with Gasteiger partial charge in [-0.2, -0.15) is 0 Å². The molecular formula is C68H102N16O25. The van der Waals surface area contributed by atoms with Gasteiger partial charge in [0.1, 0.15) is 72.6 Å². The number of aliphatic hydroxyl groups is 1. The number of carboxylic acids is 4. The summed E-state index contributed by atoms with van der Waals surface area (Å²) in [6.45, 7) is 6.35. The number of esters is 1. The minimum Gasteiger partial charge on any atom is -0.481 e. The molecule has 1 aromatic heterocycles. The Hall–Kier alpha value is -11.4. The van der Waals surface area contributed by atoms with Gasteiger partial charge in [0, 0.05) is 29.9 Å². The highest BCUT2D eigenvalue weighted by atomic mass is 16.5. The summed E-state index contributed by atoms with van der Waals surface area (Å²) in [7, 11) is 0. The third-order valence-corrected chi connectivity index (χ3v) is 17.4. The summed E-state index contributed by atoms with van der Waals surface area (Å²) in [5.74, 6) is -27.9. The van der Waals surface area contributed by atoms with Gasteiger partial charge in [-0.3, -0.25) is 86.3 Å². The van der Waals surface area contributed by atoms with Crippen LogP contribution in [0.3, 0.4) is 0 Å². The average molecular weight is 1540 g/mol. The van der Waals surface area contributed by atoms with Gasteiger partial charge in [-0.25, -0.2) is 4.79 Å². The first-order chi connectivity index (χ1) is 51.3. The molecule has 1 aliphatic heterocycles. The number of fused-ring (bicyclic) bond motifs is 1. The van der Waals surface area contributed by atoms with Gasteiger partial charge >= 0.3 is 29.8 Å². The first kappa shape index (κ1) is 91.8. The van der Waals surface area contributed by atoms with Crippen LogP contribution in [-0.4, -0.2) is 242 Å². The van der Waals surface area contributed by atoms with E-state index < -0.39 is 249 Å². The lowest BCUT2D eigenvalue weighted by Crippen LogP contribution is -2.62. The number of benzene rings is 1. The number of nitrogens with one attached hydrogen (secondary N) is 14. The number of amides is 14. The fourth-order valence-electron chi connectivity index (χ4n) is 11.1. The minimum absolute atomic E-state index is 0.000949. The van der Waals surface area contributed by atoms with Gasteiger partial charge in [0.2, 0.25) is 82.7 Å². The van der Waals surface area contributed by atoms with Gasteiger partial charge < -0.3 is 116 Å². The van der Waals surface area contributed by atoms with E-state index in [4.69, 9.17) is 16.2 Å².